The zero-order chi connectivity index (χ0) is 42.4. The minimum absolute atomic E-state index is 0.185. The van der Waals surface area contributed by atoms with Crippen molar-refractivity contribution in [2.75, 3.05) is 0 Å². The summed E-state index contributed by atoms with van der Waals surface area (Å²) in [5.41, 5.74) is 5.45. The molecule has 0 saturated heterocycles. The molecule has 0 atom stereocenters. The summed E-state index contributed by atoms with van der Waals surface area (Å²) in [5.74, 6) is 0.000707. The van der Waals surface area contributed by atoms with Gasteiger partial charge in [0.2, 0.25) is 0 Å². The minimum atomic E-state index is -3.19. The van der Waals surface area contributed by atoms with Gasteiger partial charge in [-0.1, -0.05) is 77.3 Å². The Labute approximate surface area is 370 Å². The van der Waals surface area contributed by atoms with Gasteiger partial charge < -0.3 is 9.47 Å². The number of fused-ring (bicyclic) bond motifs is 1. The Morgan fingerprint density at radius 3 is 1.25 bits per heavy atom. The summed E-state index contributed by atoms with van der Waals surface area (Å²) in [6.45, 7) is 4.38. The first-order valence-electron chi connectivity index (χ1n) is 22.4. The number of hydrogen-bond acceptors (Lipinski definition) is 7. The Morgan fingerprint density at radius 1 is 0.492 bits per heavy atom. The van der Waals surface area contributed by atoms with Gasteiger partial charge >= 0.3 is 12.2 Å². The highest BCUT2D eigenvalue weighted by atomic mass is 32.1. The largest absolute Gasteiger partial charge is 0.432 e. The molecule has 0 spiro atoms. The normalized spacial score (nSPS) is 20.0. The van der Waals surface area contributed by atoms with Crippen molar-refractivity contribution in [3.05, 3.63) is 84.9 Å². The summed E-state index contributed by atoms with van der Waals surface area (Å²) in [4.78, 5) is 4.09. The van der Waals surface area contributed by atoms with Gasteiger partial charge in [-0.05, 0) is 147 Å². The molecule has 0 amide bonds. The number of rotatable bonds is 18. The van der Waals surface area contributed by atoms with Gasteiger partial charge in [0.15, 0.2) is 0 Å². The van der Waals surface area contributed by atoms with Crippen molar-refractivity contribution in [2.45, 2.75) is 129 Å². The van der Waals surface area contributed by atoms with Crippen molar-refractivity contribution >= 4 is 45.4 Å². The van der Waals surface area contributed by atoms with Crippen molar-refractivity contribution in [3.63, 3.8) is 0 Å². The van der Waals surface area contributed by atoms with E-state index in [-0.39, 0.29) is 11.5 Å². The fraction of sp³-hybridized carbons (Fsp3) is 0.480. The van der Waals surface area contributed by atoms with Crippen LogP contribution in [0.2, 0.25) is 0 Å². The number of unbranched alkanes of at least 4 members (excludes halogenated alkanes) is 4. The molecular weight excluding hydrogens is 833 g/mol. The van der Waals surface area contributed by atoms with Gasteiger partial charge in [0.05, 0.1) is 23.6 Å². The predicted molar refractivity (Wildman–Crippen MR) is 245 cm³/mol. The van der Waals surface area contributed by atoms with E-state index in [1.54, 1.807) is 46.9 Å². The van der Waals surface area contributed by atoms with Crippen LogP contribution < -0.4 is 9.47 Å². The molecule has 324 valence electrons. The number of alkyl halides is 4. The molecule has 3 aromatic heterocycles. The third-order valence-corrected chi connectivity index (χ3v) is 15.9. The lowest BCUT2D eigenvalue weighted by atomic mass is 9.79. The smallest absolute Gasteiger partial charge is 0.400 e. The third-order valence-electron chi connectivity index (χ3n) is 13.0. The van der Waals surface area contributed by atoms with Crippen molar-refractivity contribution in [3.8, 4) is 53.3 Å². The maximum absolute atomic E-state index is 15.2. The number of hydrogen-bond donors (Lipinski definition) is 0. The topological polar surface area (TPSA) is 44.2 Å². The van der Waals surface area contributed by atoms with Crippen LogP contribution in [0.5, 0.6) is 11.5 Å². The van der Waals surface area contributed by atoms with Gasteiger partial charge in [0, 0.05) is 30.6 Å². The second kappa shape index (κ2) is 19.7. The van der Waals surface area contributed by atoms with E-state index < -0.39 is 24.1 Å². The van der Waals surface area contributed by atoms with Gasteiger partial charge in [-0.25, -0.2) is 0 Å². The van der Waals surface area contributed by atoms with E-state index in [0.717, 1.165) is 91.3 Å². The lowest BCUT2D eigenvalue weighted by Crippen LogP contribution is -2.37. The molecule has 6 aromatic rings. The van der Waals surface area contributed by atoms with Crippen LogP contribution in [-0.4, -0.2) is 21.0 Å². The summed E-state index contributed by atoms with van der Waals surface area (Å²) in [6, 6.07) is 26.4. The van der Waals surface area contributed by atoms with Crippen LogP contribution in [0.15, 0.2) is 84.9 Å². The number of benzene rings is 3. The summed E-state index contributed by atoms with van der Waals surface area (Å²) < 4.78 is 81.1. The fourth-order valence-corrected chi connectivity index (χ4v) is 12.0. The van der Waals surface area contributed by atoms with Crippen LogP contribution in [0, 0.1) is 23.7 Å². The zero-order valence-corrected chi connectivity index (χ0v) is 37.6. The lowest BCUT2D eigenvalue weighted by molar-refractivity contribution is -0.224. The number of ether oxygens (including phenoxy) is 2. The van der Waals surface area contributed by atoms with Gasteiger partial charge in [-0.2, -0.15) is 26.3 Å². The molecule has 2 fully saturated rings. The Hall–Kier alpha value is -3.80. The summed E-state index contributed by atoms with van der Waals surface area (Å²) >= 11 is 4.41. The second-order valence-corrected chi connectivity index (χ2v) is 19.9. The number of nitrogens with zero attached hydrogens (tertiary/aromatic N) is 2. The van der Waals surface area contributed by atoms with Gasteiger partial charge in [-0.15, -0.1) is 22.7 Å². The summed E-state index contributed by atoms with van der Waals surface area (Å²) in [6.07, 6.45) is 8.55. The van der Waals surface area contributed by atoms with Gasteiger partial charge in [0.25, 0.3) is 0 Å². The molecule has 3 heterocycles. The lowest BCUT2D eigenvalue weighted by Gasteiger charge is -2.33. The van der Waals surface area contributed by atoms with E-state index in [9.17, 15) is 0 Å². The molecule has 3 aromatic carbocycles. The van der Waals surface area contributed by atoms with E-state index in [1.807, 2.05) is 36.4 Å². The number of thiophene rings is 2. The quantitative estimate of drug-likeness (QED) is 0.0637. The molecule has 0 aliphatic heterocycles. The number of halogens is 4. The first-order valence-corrected chi connectivity index (χ1v) is 24.8. The Balaban J connectivity index is 0.885. The van der Waals surface area contributed by atoms with E-state index in [2.05, 4.69) is 38.1 Å². The van der Waals surface area contributed by atoms with E-state index in [4.69, 9.17) is 18.2 Å². The molecule has 0 radical (unpaired) electrons. The average Bonchev–Trinajstić information content (AvgIpc) is 4.07. The summed E-state index contributed by atoms with van der Waals surface area (Å²) in [5, 5.41) is 0. The standard InChI is InChI=1S/C50H56F4N2O2S3/c1-3-5-7-9-33-11-19-37(20-12-33)49(51,52)57-39-23-15-35(16-24-39)43-29-31-45(59-43)41-27-28-42(48-47(41)55-61-56-48)46-32-30-44(60-46)36-17-25-40(26-18-36)58-50(53,54)38-21-13-34(14-22-38)10-8-6-4-2/h15-18,23-34,37-38H,3-14,19-22H2,1-2H3/t33-,34-,37-,38-. The monoisotopic (exact) mass is 888 g/mol. The van der Waals surface area contributed by atoms with Gasteiger partial charge in [0.1, 0.15) is 22.5 Å². The highest BCUT2D eigenvalue weighted by Crippen LogP contribution is 2.46. The van der Waals surface area contributed by atoms with Crippen molar-refractivity contribution in [2.24, 2.45) is 23.7 Å². The average molecular weight is 889 g/mol. The van der Waals surface area contributed by atoms with Crippen LogP contribution in [0.3, 0.4) is 0 Å². The van der Waals surface area contributed by atoms with Crippen molar-refractivity contribution in [1.29, 1.82) is 0 Å². The minimum Gasteiger partial charge on any atom is -0.432 e. The van der Waals surface area contributed by atoms with E-state index in [0.29, 0.717) is 37.5 Å². The Kier molecular flexibility index (Phi) is 14.2. The molecular formula is C50H56F4N2O2S3. The highest BCUT2D eigenvalue weighted by Gasteiger charge is 2.45. The van der Waals surface area contributed by atoms with Crippen LogP contribution in [-0.2, 0) is 0 Å². The Morgan fingerprint density at radius 2 is 0.869 bits per heavy atom. The molecule has 61 heavy (non-hydrogen) atoms. The van der Waals surface area contributed by atoms with Crippen LogP contribution >= 0.6 is 34.4 Å². The second-order valence-electron chi connectivity index (χ2n) is 17.3. The van der Waals surface area contributed by atoms with E-state index in [1.165, 1.54) is 50.3 Å². The molecule has 11 heteroatoms. The van der Waals surface area contributed by atoms with Crippen LogP contribution in [0.1, 0.15) is 117 Å². The molecule has 0 bridgehead atoms. The maximum atomic E-state index is 15.2. The zero-order valence-electron chi connectivity index (χ0n) is 35.2. The maximum Gasteiger partial charge on any atom is 0.400 e. The first-order chi connectivity index (χ1) is 29.6. The molecule has 2 aliphatic rings. The molecule has 4 nitrogen and oxygen atoms in total. The molecule has 2 saturated carbocycles. The Bertz CT molecular complexity index is 2140. The van der Waals surface area contributed by atoms with E-state index >= 15 is 17.6 Å². The van der Waals surface area contributed by atoms with Crippen molar-refractivity contribution < 1.29 is 27.0 Å². The van der Waals surface area contributed by atoms with Crippen LogP contribution in [0.25, 0.3) is 52.8 Å². The molecule has 0 unspecified atom stereocenters. The molecule has 2 aliphatic carbocycles. The highest BCUT2D eigenvalue weighted by molar-refractivity contribution is 7.19. The first kappa shape index (κ1) is 43.8. The predicted octanol–water partition coefficient (Wildman–Crippen LogP) is 17.2. The molecule has 8 rings (SSSR count). The van der Waals surface area contributed by atoms with Crippen molar-refractivity contribution in [1.82, 2.24) is 8.75 Å². The van der Waals surface area contributed by atoms with Gasteiger partial charge in [-0.3, -0.25) is 0 Å². The number of aromatic nitrogens is 2. The fourth-order valence-electron chi connectivity index (χ4n) is 9.34. The molecule has 0 N–H and O–H groups in total. The SMILES string of the molecule is CCCCC[C@H]1CC[C@H](C(F)(F)Oc2ccc(-c3ccc(-c4ccc(-c5ccc(-c6ccc(OC(F)(F)[C@H]7CC[C@H](CCCCC)CC7)cc6)s5)c5nsnc45)s3)cc2)CC1. The van der Waals surface area contributed by atoms with Crippen LogP contribution in [0.4, 0.5) is 17.6 Å². The summed E-state index contributed by atoms with van der Waals surface area (Å²) in [7, 11) is 0. The third kappa shape index (κ3) is 10.5.